The molecular weight excluding hydrogens is 908 g/mol. The Labute approximate surface area is 430 Å². The third kappa shape index (κ3) is 48.0. The Morgan fingerprint density at radius 2 is 0.433 bits per heavy atom. The average molecular weight is 1020 g/mol. The van der Waals surface area contributed by atoms with Gasteiger partial charge in [0.15, 0.2) is 0 Å². The molecule has 67 heavy (non-hydrogen) atoms. The molecule has 0 fully saturated rings. The van der Waals surface area contributed by atoms with E-state index in [0.717, 1.165) is 38.5 Å². The average Bonchev–Trinajstić information content (AvgIpc) is 3.32. The molecule has 0 heterocycles. The number of carbonyl (C=O) groups excluding carboxylic acids is 3. The van der Waals surface area contributed by atoms with E-state index in [1.54, 1.807) is 0 Å². The highest BCUT2D eigenvalue weighted by Gasteiger charge is 2.30. The minimum atomic E-state index is -1.04. The molecule has 0 aromatic rings. The first-order valence-corrected chi connectivity index (χ1v) is 34.9. The number of esters is 3. The highest BCUT2D eigenvalue weighted by atomic mass is 33.4. The van der Waals surface area contributed by atoms with Gasteiger partial charge in [-0.25, -0.2) is 0 Å². The second-order valence-electron chi connectivity index (χ2n) is 19.8. The van der Waals surface area contributed by atoms with Crippen molar-refractivity contribution in [1.82, 2.24) is 0 Å². The fourth-order valence-electron chi connectivity index (χ4n) is 8.35. The smallest absolute Gasteiger partial charge is 0.319 e. The summed E-state index contributed by atoms with van der Waals surface area (Å²) in [6.07, 6.45) is 54.3. The minimum absolute atomic E-state index is 0.213. The quantitative estimate of drug-likeness (QED) is 0.0256. The number of unbranched alkanes of at least 4 members (excludes halogenated alkanes) is 39. The molecule has 0 radical (unpaired) electrons. The molecule has 0 saturated carbocycles. The lowest BCUT2D eigenvalue weighted by molar-refractivity contribution is -0.143. The van der Waals surface area contributed by atoms with Crippen LogP contribution in [0.5, 0.6) is 0 Å². The topological polar surface area (TPSA) is 78.9 Å². The van der Waals surface area contributed by atoms with Crippen LogP contribution in [0.3, 0.4) is 0 Å². The first-order valence-electron chi connectivity index (χ1n) is 29.1. The number of hydrogen-bond donors (Lipinski definition) is 0. The second kappa shape index (κ2) is 53.7. The third-order valence-electron chi connectivity index (χ3n) is 13.0. The second-order valence-corrected chi connectivity index (χ2v) is 30.2. The maximum Gasteiger partial charge on any atom is 0.319 e. The molecule has 0 aliphatic carbocycles. The number of carbonyl (C=O) groups is 3. The van der Waals surface area contributed by atoms with Gasteiger partial charge < -0.3 is 14.2 Å². The van der Waals surface area contributed by atoms with Crippen LogP contribution in [-0.4, -0.2) is 53.5 Å². The van der Waals surface area contributed by atoms with Gasteiger partial charge in [-0.1, -0.05) is 305 Å². The van der Waals surface area contributed by atoms with E-state index in [1.165, 1.54) is 265 Å². The highest BCUT2D eigenvalue weighted by Crippen LogP contribution is 2.73. The Bertz CT molecular complexity index is 940. The molecule has 0 aromatic heterocycles. The molecule has 0 rings (SSSR count). The van der Waals surface area contributed by atoms with E-state index in [4.69, 9.17) is 14.2 Å². The molecule has 3 atom stereocenters. The van der Waals surface area contributed by atoms with Crippen molar-refractivity contribution in [2.24, 2.45) is 0 Å². The lowest BCUT2D eigenvalue weighted by Crippen LogP contribution is -2.20. The predicted octanol–water partition coefficient (Wildman–Crippen LogP) is 20.7. The molecule has 3 unspecified atom stereocenters. The van der Waals surface area contributed by atoms with Crippen molar-refractivity contribution in [3.63, 3.8) is 0 Å². The molecule has 0 aliphatic rings. The van der Waals surface area contributed by atoms with Crippen LogP contribution in [0.1, 0.15) is 311 Å². The summed E-state index contributed by atoms with van der Waals surface area (Å²) < 4.78 is 17.2. The lowest BCUT2D eigenvalue weighted by Gasteiger charge is -2.23. The van der Waals surface area contributed by atoms with Crippen LogP contribution in [0.4, 0.5) is 0 Å². The molecule has 0 N–H and O–H groups in total. The van der Waals surface area contributed by atoms with Gasteiger partial charge >= 0.3 is 17.9 Å². The summed E-state index contributed by atoms with van der Waals surface area (Å²) in [5.74, 6) is -0.640. The predicted molar refractivity (Wildman–Crippen MR) is 302 cm³/mol. The normalized spacial score (nSPS) is 13.3. The number of ether oxygens (including phenoxy) is 3. The van der Waals surface area contributed by atoms with Crippen molar-refractivity contribution in [3.8, 4) is 0 Å². The summed E-state index contributed by atoms with van der Waals surface area (Å²) in [6.45, 7) is 13.9. The third-order valence-corrected chi connectivity index (χ3v) is 24.0. The fourth-order valence-corrected chi connectivity index (χ4v) is 21.6. The van der Waals surface area contributed by atoms with Crippen molar-refractivity contribution in [1.29, 1.82) is 0 Å². The molecule has 6 nitrogen and oxygen atoms in total. The number of hydrogen-bond acceptors (Lipinski definition) is 9. The van der Waals surface area contributed by atoms with Gasteiger partial charge in [0.1, 0.15) is 15.7 Å². The Hall–Kier alpha value is -0.110. The van der Waals surface area contributed by atoms with Gasteiger partial charge in [0.05, 0.1) is 25.3 Å². The van der Waals surface area contributed by atoms with E-state index < -0.39 is 21.3 Å². The van der Waals surface area contributed by atoms with Crippen LogP contribution in [0, 0.1) is 0 Å². The van der Waals surface area contributed by atoms with E-state index in [9.17, 15) is 14.4 Å². The Kier molecular flexibility index (Phi) is 53.6. The molecule has 0 aliphatic heterocycles. The summed E-state index contributed by atoms with van der Waals surface area (Å²) in [6, 6.07) is 0. The molecule has 0 amide bonds. The molecular formula is C57H111O6PS3. The van der Waals surface area contributed by atoms with Crippen LogP contribution >= 0.6 is 39.7 Å². The first-order chi connectivity index (χ1) is 32.8. The van der Waals surface area contributed by atoms with Crippen molar-refractivity contribution in [2.45, 2.75) is 327 Å². The van der Waals surface area contributed by atoms with Crippen molar-refractivity contribution >= 4 is 57.6 Å². The first kappa shape index (κ1) is 66.9. The van der Waals surface area contributed by atoms with E-state index in [0.29, 0.717) is 19.8 Å². The Balaban J connectivity index is 4.63. The summed E-state index contributed by atoms with van der Waals surface area (Å²) in [5, 5.41) is -1.18. The zero-order chi connectivity index (χ0) is 49.1. The van der Waals surface area contributed by atoms with Crippen molar-refractivity contribution in [2.75, 3.05) is 19.8 Å². The molecule has 398 valence electrons. The zero-order valence-corrected chi connectivity index (χ0v) is 48.5. The molecule has 0 aromatic carbocycles. The SMILES string of the molecule is CCCCCCCCCCCCCCCCOC(=O)C(C)SP(SC(C)C(=O)OCCCCCCCCCCCCCCCC)SC(C)C(=O)OCCCCCCCCCCCCCCCC. The summed E-state index contributed by atoms with van der Waals surface area (Å²) in [4.78, 5) is 39.5. The van der Waals surface area contributed by atoms with Gasteiger partial charge in [-0.2, -0.15) is 0 Å². The summed E-state index contributed by atoms with van der Waals surface area (Å²) >= 11 is 4.59. The van der Waals surface area contributed by atoms with Crippen LogP contribution in [0.15, 0.2) is 0 Å². The maximum absolute atomic E-state index is 13.2. The van der Waals surface area contributed by atoms with Crippen LogP contribution in [-0.2, 0) is 28.6 Å². The number of rotatable bonds is 54. The van der Waals surface area contributed by atoms with E-state index in [1.807, 2.05) is 20.8 Å². The molecule has 0 spiro atoms. The van der Waals surface area contributed by atoms with Gasteiger partial charge in [-0.15, -0.1) is 0 Å². The molecule has 0 saturated heterocycles. The van der Waals surface area contributed by atoms with E-state index in [-0.39, 0.29) is 17.9 Å². The summed E-state index contributed by atoms with van der Waals surface area (Å²) in [7, 11) is 0. The van der Waals surface area contributed by atoms with Crippen LogP contribution in [0.2, 0.25) is 0 Å². The van der Waals surface area contributed by atoms with Gasteiger partial charge in [-0.05, 0) is 40.0 Å². The van der Waals surface area contributed by atoms with Gasteiger partial charge in [0.2, 0.25) is 0 Å². The Morgan fingerprint density at radius 3 is 0.597 bits per heavy atom. The largest absolute Gasteiger partial charge is 0.465 e. The minimum Gasteiger partial charge on any atom is -0.465 e. The van der Waals surface area contributed by atoms with Gasteiger partial charge in [0.25, 0.3) is 0 Å². The molecule has 0 bridgehead atoms. The van der Waals surface area contributed by atoms with Gasteiger partial charge in [-0.3, -0.25) is 14.4 Å². The zero-order valence-electron chi connectivity index (χ0n) is 45.2. The van der Waals surface area contributed by atoms with Crippen LogP contribution < -0.4 is 0 Å². The van der Waals surface area contributed by atoms with Crippen LogP contribution in [0.25, 0.3) is 0 Å². The maximum atomic E-state index is 13.2. The van der Waals surface area contributed by atoms with E-state index >= 15 is 0 Å². The van der Waals surface area contributed by atoms with Crippen molar-refractivity contribution in [3.05, 3.63) is 0 Å². The van der Waals surface area contributed by atoms with Crippen molar-refractivity contribution < 1.29 is 28.6 Å². The highest BCUT2D eigenvalue weighted by molar-refractivity contribution is 9.12. The lowest BCUT2D eigenvalue weighted by atomic mass is 10.0. The van der Waals surface area contributed by atoms with Gasteiger partial charge in [0, 0.05) is 0 Å². The van der Waals surface area contributed by atoms with E-state index in [2.05, 4.69) is 20.8 Å². The molecule has 10 heteroatoms. The monoisotopic (exact) mass is 1020 g/mol. The fraction of sp³-hybridized carbons (Fsp3) is 0.947. The summed E-state index contributed by atoms with van der Waals surface area (Å²) in [5.41, 5.74) is -1.04. The standard InChI is InChI=1S/C57H111O6PS3/c1-7-10-13-16-19-22-25-28-31-34-37-40-43-46-49-61-55(58)52(4)65-64(66-53(5)56(59)62-50-47-44-41-38-35-32-29-26-23-20-17-14-11-8-2)67-54(6)57(60)63-51-48-45-42-39-36-33-30-27-24-21-18-15-12-9-3/h52-54H,7-51H2,1-6H3. The Morgan fingerprint density at radius 1 is 0.284 bits per heavy atom.